The third kappa shape index (κ3) is 3.35. The van der Waals surface area contributed by atoms with E-state index in [2.05, 4.69) is 10.1 Å². The van der Waals surface area contributed by atoms with E-state index in [1.807, 2.05) is 39.0 Å². The van der Waals surface area contributed by atoms with E-state index >= 15 is 0 Å². The summed E-state index contributed by atoms with van der Waals surface area (Å²) in [5.74, 6) is -0.988. The van der Waals surface area contributed by atoms with Crippen molar-refractivity contribution >= 4 is 17.9 Å². The molecule has 0 spiro atoms. The van der Waals surface area contributed by atoms with Crippen LogP contribution in [0.3, 0.4) is 0 Å². The van der Waals surface area contributed by atoms with Gasteiger partial charge in [-0.05, 0) is 68.3 Å². The maximum absolute atomic E-state index is 12.7. The fourth-order valence-corrected chi connectivity index (χ4v) is 2.59. The lowest BCUT2D eigenvalue weighted by Crippen LogP contribution is -2.17. The molecule has 0 unspecified atom stereocenters. The van der Waals surface area contributed by atoms with E-state index in [1.165, 1.54) is 23.0 Å². The Bertz CT molecular complexity index is 1060. The first-order valence-electron chi connectivity index (χ1n) is 8.13. The molecule has 0 amide bonds. The van der Waals surface area contributed by atoms with Gasteiger partial charge in [-0.3, -0.25) is 14.9 Å². The second-order valence-corrected chi connectivity index (χ2v) is 6.17. The van der Waals surface area contributed by atoms with Crippen LogP contribution < -0.4 is 5.56 Å². The van der Waals surface area contributed by atoms with E-state index in [1.54, 1.807) is 12.1 Å². The number of rotatable bonds is 4. The molecule has 0 aliphatic heterocycles. The zero-order valence-electron chi connectivity index (χ0n) is 14.8. The number of aromatic carboxylic acids is 1. The molecule has 0 fully saturated rings. The number of nitrogens with zero attached hydrogens (tertiary/aromatic N) is 2. The number of aromatic nitrogens is 2. The lowest BCUT2D eigenvalue weighted by atomic mass is 10.1. The SMILES string of the molecule is Cc1ccc(-n2[nH]c(C)c(C=Nc3ccc(C(=O)O)cc3)c2=O)cc1C. The van der Waals surface area contributed by atoms with Gasteiger partial charge in [0.1, 0.15) is 0 Å². The maximum Gasteiger partial charge on any atom is 0.335 e. The topological polar surface area (TPSA) is 87.4 Å². The average Bonchev–Trinajstić information content (AvgIpc) is 2.90. The van der Waals surface area contributed by atoms with Crippen LogP contribution in [0.2, 0.25) is 0 Å². The Balaban J connectivity index is 1.94. The van der Waals surface area contributed by atoms with Crippen LogP contribution in [0.4, 0.5) is 5.69 Å². The molecule has 1 heterocycles. The monoisotopic (exact) mass is 349 g/mol. The Hall–Kier alpha value is -3.41. The van der Waals surface area contributed by atoms with E-state index in [-0.39, 0.29) is 11.1 Å². The number of aliphatic imine (C=N–C) groups is 1. The number of aryl methyl sites for hydroxylation is 3. The second kappa shape index (κ2) is 6.84. The van der Waals surface area contributed by atoms with Crippen LogP contribution >= 0.6 is 0 Å². The fraction of sp³-hybridized carbons (Fsp3) is 0.150. The smallest absolute Gasteiger partial charge is 0.335 e. The summed E-state index contributed by atoms with van der Waals surface area (Å²) in [6.07, 6.45) is 1.50. The van der Waals surface area contributed by atoms with E-state index < -0.39 is 5.97 Å². The molecule has 0 saturated carbocycles. The van der Waals surface area contributed by atoms with Gasteiger partial charge in [0.25, 0.3) is 5.56 Å². The van der Waals surface area contributed by atoms with Gasteiger partial charge in [0.05, 0.1) is 22.5 Å². The van der Waals surface area contributed by atoms with Crippen LogP contribution in [-0.4, -0.2) is 27.1 Å². The van der Waals surface area contributed by atoms with Crippen LogP contribution in [0.1, 0.15) is 32.7 Å². The molecule has 0 bridgehead atoms. The van der Waals surface area contributed by atoms with Gasteiger partial charge in [-0.1, -0.05) is 6.07 Å². The fourth-order valence-electron chi connectivity index (χ4n) is 2.59. The van der Waals surface area contributed by atoms with Crippen LogP contribution in [-0.2, 0) is 0 Å². The molecule has 2 aromatic carbocycles. The molecule has 3 aromatic rings. The van der Waals surface area contributed by atoms with Gasteiger partial charge in [-0.2, -0.15) is 0 Å². The van der Waals surface area contributed by atoms with Crippen molar-refractivity contribution in [3.8, 4) is 5.69 Å². The minimum atomic E-state index is -0.988. The van der Waals surface area contributed by atoms with Gasteiger partial charge in [0.2, 0.25) is 0 Å². The summed E-state index contributed by atoms with van der Waals surface area (Å²) < 4.78 is 1.50. The Labute approximate surface area is 150 Å². The number of benzene rings is 2. The molecule has 26 heavy (non-hydrogen) atoms. The molecule has 0 atom stereocenters. The van der Waals surface area contributed by atoms with Crippen molar-refractivity contribution in [2.24, 2.45) is 4.99 Å². The predicted octanol–water partition coefficient (Wildman–Crippen LogP) is 3.54. The van der Waals surface area contributed by atoms with Crippen molar-refractivity contribution in [3.63, 3.8) is 0 Å². The van der Waals surface area contributed by atoms with Crippen LogP contribution in [0.25, 0.3) is 5.69 Å². The highest BCUT2D eigenvalue weighted by Crippen LogP contribution is 2.15. The van der Waals surface area contributed by atoms with Crippen molar-refractivity contribution in [2.45, 2.75) is 20.8 Å². The van der Waals surface area contributed by atoms with Crippen LogP contribution in [0, 0.1) is 20.8 Å². The Morgan fingerprint density at radius 2 is 1.77 bits per heavy atom. The number of hydrogen-bond acceptors (Lipinski definition) is 3. The summed E-state index contributed by atoms with van der Waals surface area (Å²) in [5.41, 5.74) is 4.80. The van der Waals surface area contributed by atoms with Gasteiger partial charge in [-0.25, -0.2) is 9.48 Å². The quantitative estimate of drug-likeness (QED) is 0.706. The standard InChI is InChI=1S/C20H19N3O3/c1-12-4-9-17(10-13(12)2)23-19(24)18(14(3)22-23)11-21-16-7-5-15(6-8-16)20(25)26/h4-11,22H,1-3H3,(H,25,26). The Kier molecular flexibility index (Phi) is 4.58. The molecular weight excluding hydrogens is 330 g/mol. The number of carboxylic acids is 1. The van der Waals surface area contributed by atoms with Gasteiger partial charge in [-0.15, -0.1) is 0 Å². The Morgan fingerprint density at radius 1 is 1.08 bits per heavy atom. The summed E-state index contributed by atoms with van der Waals surface area (Å²) in [7, 11) is 0. The average molecular weight is 349 g/mol. The molecule has 2 N–H and O–H groups in total. The minimum Gasteiger partial charge on any atom is -0.478 e. The number of H-pyrrole nitrogens is 1. The van der Waals surface area contributed by atoms with Crippen LogP contribution in [0.5, 0.6) is 0 Å². The number of nitrogens with one attached hydrogen (secondary N) is 1. The molecule has 0 saturated heterocycles. The molecule has 132 valence electrons. The Morgan fingerprint density at radius 3 is 2.38 bits per heavy atom. The molecular formula is C20H19N3O3. The molecule has 0 radical (unpaired) electrons. The van der Waals surface area contributed by atoms with Crippen molar-refractivity contribution in [1.29, 1.82) is 0 Å². The van der Waals surface area contributed by atoms with Gasteiger partial charge in [0.15, 0.2) is 0 Å². The van der Waals surface area contributed by atoms with E-state index in [0.717, 1.165) is 16.8 Å². The number of carboxylic acid groups (broad SMARTS) is 1. The van der Waals surface area contributed by atoms with E-state index in [0.29, 0.717) is 16.9 Å². The molecule has 6 heteroatoms. The molecule has 0 aliphatic carbocycles. The third-order valence-corrected chi connectivity index (χ3v) is 4.32. The molecule has 1 aromatic heterocycles. The van der Waals surface area contributed by atoms with E-state index in [9.17, 15) is 9.59 Å². The molecule has 6 nitrogen and oxygen atoms in total. The number of aromatic amines is 1. The first-order chi connectivity index (χ1) is 12.4. The zero-order valence-corrected chi connectivity index (χ0v) is 14.8. The van der Waals surface area contributed by atoms with Gasteiger partial charge >= 0.3 is 5.97 Å². The lowest BCUT2D eigenvalue weighted by molar-refractivity contribution is 0.0697. The zero-order chi connectivity index (χ0) is 18.8. The molecule has 0 aliphatic rings. The van der Waals surface area contributed by atoms with Crippen LogP contribution in [0.15, 0.2) is 52.3 Å². The van der Waals surface area contributed by atoms with Crippen molar-refractivity contribution in [3.05, 3.63) is 80.8 Å². The third-order valence-electron chi connectivity index (χ3n) is 4.32. The van der Waals surface area contributed by atoms with Gasteiger partial charge < -0.3 is 5.11 Å². The van der Waals surface area contributed by atoms with Crippen molar-refractivity contribution in [2.75, 3.05) is 0 Å². The highest BCUT2D eigenvalue weighted by molar-refractivity contribution is 5.88. The maximum atomic E-state index is 12.7. The predicted molar refractivity (Wildman–Crippen MR) is 101 cm³/mol. The van der Waals surface area contributed by atoms with Crippen molar-refractivity contribution < 1.29 is 9.90 Å². The summed E-state index contributed by atoms with van der Waals surface area (Å²) in [4.78, 5) is 27.9. The summed E-state index contributed by atoms with van der Waals surface area (Å²) in [6.45, 7) is 5.84. The van der Waals surface area contributed by atoms with Crippen molar-refractivity contribution in [1.82, 2.24) is 9.78 Å². The highest BCUT2D eigenvalue weighted by atomic mass is 16.4. The number of hydrogen-bond donors (Lipinski definition) is 2. The van der Waals surface area contributed by atoms with E-state index in [4.69, 9.17) is 5.11 Å². The summed E-state index contributed by atoms with van der Waals surface area (Å²) in [5, 5.41) is 12.0. The first kappa shape index (κ1) is 17.4. The minimum absolute atomic E-state index is 0.184. The normalized spacial score (nSPS) is 11.2. The summed E-state index contributed by atoms with van der Waals surface area (Å²) in [6, 6.07) is 12.0. The van der Waals surface area contributed by atoms with Gasteiger partial charge in [0, 0.05) is 11.9 Å². The molecule has 3 rings (SSSR count). The largest absolute Gasteiger partial charge is 0.478 e. The highest BCUT2D eigenvalue weighted by Gasteiger charge is 2.11. The lowest BCUT2D eigenvalue weighted by Gasteiger charge is -2.05. The second-order valence-electron chi connectivity index (χ2n) is 6.17. The first-order valence-corrected chi connectivity index (χ1v) is 8.13. The summed E-state index contributed by atoms with van der Waals surface area (Å²) >= 11 is 0. The number of carbonyl (C=O) groups is 1.